The molecule has 0 radical (unpaired) electrons. The number of ether oxygens (including phenoxy) is 1. The van der Waals surface area contributed by atoms with Gasteiger partial charge in [0, 0.05) is 17.7 Å². The smallest absolute Gasteiger partial charge is 0.407 e. The first-order valence-corrected chi connectivity index (χ1v) is 6.64. The second-order valence-corrected chi connectivity index (χ2v) is 5.07. The fourth-order valence-corrected chi connectivity index (χ4v) is 1.69. The summed E-state index contributed by atoms with van der Waals surface area (Å²) in [4.78, 5) is 10.5. The summed E-state index contributed by atoms with van der Waals surface area (Å²) in [7, 11) is 1.54. The number of amides is 1. The third-order valence-electron chi connectivity index (χ3n) is 0.870. The molecule has 0 heterocycles. The minimum absolute atomic E-state index is 0.387. The van der Waals surface area contributed by atoms with Crippen molar-refractivity contribution in [2.24, 2.45) is 0 Å². The van der Waals surface area contributed by atoms with E-state index in [0.29, 0.717) is 0 Å². The molecule has 14 heavy (non-hydrogen) atoms. The SMILES string of the molecule is BrCCCBr.CNC(=O)OC(C)(C)C. The van der Waals surface area contributed by atoms with Crippen LogP contribution in [0.3, 0.4) is 0 Å². The summed E-state index contributed by atoms with van der Waals surface area (Å²) >= 11 is 6.56. The third-order valence-corrected chi connectivity index (χ3v) is 1.99. The maximum Gasteiger partial charge on any atom is 0.407 e. The molecular formula is C9H19Br2NO2. The van der Waals surface area contributed by atoms with Gasteiger partial charge in [0.2, 0.25) is 0 Å². The molecule has 1 amide bonds. The van der Waals surface area contributed by atoms with Crippen LogP contribution in [0.4, 0.5) is 4.79 Å². The van der Waals surface area contributed by atoms with Gasteiger partial charge in [-0.15, -0.1) is 0 Å². The molecule has 0 aliphatic rings. The van der Waals surface area contributed by atoms with Crippen molar-refractivity contribution >= 4 is 38.0 Å². The lowest BCUT2D eigenvalue weighted by molar-refractivity contribution is 0.0541. The first-order valence-electron chi connectivity index (χ1n) is 4.40. The van der Waals surface area contributed by atoms with E-state index in [1.807, 2.05) is 20.8 Å². The molecule has 0 spiro atoms. The summed E-state index contributed by atoms with van der Waals surface area (Å²) in [5.74, 6) is 0. The van der Waals surface area contributed by atoms with Crippen LogP contribution in [0.5, 0.6) is 0 Å². The van der Waals surface area contributed by atoms with Crippen molar-refractivity contribution in [2.45, 2.75) is 32.8 Å². The van der Waals surface area contributed by atoms with E-state index in [-0.39, 0.29) is 11.7 Å². The normalized spacial score (nSPS) is 9.86. The molecule has 0 saturated carbocycles. The van der Waals surface area contributed by atoms with Gasteiger partial charge in [-0.05, 0) is 27.2 Å². The molecule has 1 N–H and O–H groups in total. The Labute approximate surface area is 103 Å². The zero-order chi connectivity index (χ0) is 11.6. The number of carbonyl (C=O) groups excluding carboxylic acids is 1. The van der Waals surface area contributed by atoms with Gasteiger partial charge in [0.15, 0.2) is 0 Å². The van der Waals surface area contributed by atoms with Crippen LogP contribution < -0.4 is 5.32 Å². The molecule has 0 saturated heterocycles. The Hall–Kier alpha value is 0.230. The number of halogens is 2. The minimum Gasteiger partial charge on any atom is -0.444 e. The van der Waals surface area contributed by atoms with E-state index < -0.39 is 0 Å². The lowest BCUT2D eigenvalue weighted by Crippen LogP contribution is -2.30. The van der Waals surface area contributed by atoms with Crippen LogP contribution in [-0.2, 0) is 4.74 Å². The molecule has 0 fully saturated rings. The van der Waals surface area contributed by atoms with Crippen LogP contribution in [0.1, 0.15) is 27.2 Å². The van der Waals surface area contributed by atoms with Gasteiger partial charge in [0.05, 0.1) is 0 Å². The largest absolute Gasteiger partial charge is 0.444 e. The lowest BCUT2D eigenvalue weighted by Gasteiger charge is -2.18. The lowest BCUT2D eigenvalue weighted by atomic mass is 10.2. The summed E-state index contributed by atoms with van der Waals surface area (Å²) < 4.78 is 4.84. The van der Waals surface area contributed by atoms with Crippen molar-refractivity contribution in [3.63, 3.8) is 0 Å². The molecule has 86 valence electrons. The number of hydrogen-bond acceptors (Lipinski definition) is 2. The predicted molar refractivity (Wildman–Crippen MR) is 67.5 cm³/mol. The average molecular weight is 333 g/mol. The van der Waals surface area contributed by atoms with E-state index in [9.17, 15) is 4.79 Å². The molecule has 0 aliphatic heterocycles. The van der Waals surface area contributed by atoms with Gasteiger partial charge in [-0.2, -0.15) is 0 Å². The second kappa shape index (κ2) is 9.77. The van der Waals surface area contributed by atoms with E-state index in [0.717, 1.165) is 10.7 Å². The number of nitrogens with one attached hydrogen (secondary N) is 1. The van der Waals surface area contributed by atoms with Crippen molar-refractivity contribution in [3.8, 4) is 0 Å². The summed E-state index contributed by atoms with van der Waals surface area (Å²) in [5.41, 5.74) is -0.389. The summed E-state index contributed by atoms with van der Waals surface area (Å²) in [6.07, 6.45) is 0.836. The van der Waals surface area contributed by atoms with E-state index in [1.54, 1.807) is 0 Å². The quantitative estimate of drug-likeness (QED) is 0.788. The molecule has 0 unspecified atom stereocenters. The Morgan fingerprint density at radius 1 is 1.29 bits per heavy atom. The van der Waals surface area contributed by atoms with Gasteiger partial charge in [0.25, 0.3) is 0 Å². The molecule has 0 aromatic heterocycles. The van der Waals surface area contributed by atoms with Gasteiger partial charge in [-0.3, -0.25) is 0 Å². The fourth-order valence-electron chi connectivity index (χ4n) is 0.380. The van der Waals surface area contributed by atoms with Crippen molar-refractivity contribution < 1.29 is 9.53 Å². The minimum atomic E-state index is -0.389. The fraction of sp³-hybridized carbons (Fsp3) is 0.889. The molecule has 0 rings (SSSR count). The maximum absolute atomic E-state index is 10.5. The highest BCUT2D eigenvalue weighted by Gasteiger charge is 2.13. The van der Waals surface area contributed by atoms with Crippen LogP contribution >= 0.6 is 31.9 Å². The molecular weight excluding hydrogens is 314 g/mol. The summed E-state index contributed by atoms with van der Waals surface area (Å²) in [6.45, 7) is 5.46. The topological polar surface area (TPSA) is 38.3 Å². The number of rotatable bonds is 2. The first kappa shape index (κ1) is 16.7. The monoisotopic (exact) mass is 331 g/mol. The molecule has 5 heteroatoms. The second-order valence-electron chi connectivity index (χ2n) is 3.48. The molecule has 0 aliphatic carbocycles. The molecule has 3 nitrogen and oxygen atoms in total. The highest BCUT2D eigenvalue weighted by Crippen LogP contribution is 2.05. The van der Waals surface area contributed by atoms with Crippen LogP contribution in [0.25, 0.3) is 0 Å². The van der Waals surface area contributed by atoms with Gasteiger partial charge in [-0.1, -0.05) is 31.9 Å². The highest BCUT2D eigenvalue weighted by atomic mass is 79.9. The van der Waals surface area contributed by atoms with Crippen LogP contribution in [0.15, 0.2) is 0 Å². The van der Waals surface area contributed by atoms with Gasteiger partial charge in [0.1, 0.15) is 5.60 Å². The van der Waals surface area contributed by atoms with E-state index in [1.165, 1.54) is 13.5 Å². The zero-order valence-corrected chi connectivity index (χ0v) is 12.4. The number of carbonyl (C=O) groups is 1. The van der Waals surface area contributed by atoms with Crippen molar-refractivity contribution in [2.75, 3.05) is 17.7 Å². The van der Waals surface area contributed by atoms with Crippen LogP contribution in [0, 0.1) is 0 Å². The number of alkyl halides is 2. The Balaban J connectivity index is 0. The van der Waals surface area contributed by atoms with E-state index in [4.69, 9.17) is 4.74 Å². The van der Waals surface area contributed by atoms with Crippen LogP contribution in [0.2, 0.25) is 0 Å². The third kappa shape index (κ3) is 18.1. The molecule has 0 bridgehead atoms. The van der Waals surface area contributed by atoms with Crippen LogP contribution in [-0.4, -0.2) is 29.4 Å². The summed E-state index contributed by atoms with van der Waals surface area (Å²) in [5, 5.41) is 4.58. The Morgan fingerprint density at radius 2 is 1.71 bits per heavy atom. The zero-order valence-electron chi connectivity index (χ0n) is 9.19. The van der Waals surface area contributed by atoms with Crippen molar-refractivity contribution in [1.29, 1.82) is 0 Å². The molecule has 0 atom stereocenters. The van der Waals surface area contributed by atoms with Crippen molar-refractivity contribution in [1.82, 2.24) is 5.32 Å². The molecule has 0 aromatic rings. The average Bonchev–Trinajstić information content (AvgIpc) is 2.04. The van der Waals surface area contributed by atoms with E-state index >= 15 is 0 Å². The molecule has 0 aromatic carbocycles. The van der Waals surface area contributed by atoms with Gasteiger partial charge >= 0.3 is 6.09 Å². The Morgan fingerprint density at radius 3 is 1.79 bits per heavy atom. The maximum atomic E-state index is 10.5. The first-order chi connectivity index (χ1) is 6.37. The van der Waals surface area contributed by atoms with Gasteiger partial charge in [-0.25, -0.2) is 4.79 Å². The predicted octanol–water partition coefficient (Wildman–Crippen LogP) is 3.31. The van der Waals surface area contributed by atoms with Gasteiger partial charge < -0.3 is 10.1 Å². The van der Waals surface area contributed by atoms with Crippen molar-refractivity contribution in [3.05, 3.63) is 0 Å². The Kier molecular flexibility index (Phi) is 11.6. The highest BCUT2D eigenvalue weighted by molar-refractivity contribution is 9.09. The Bertz CT molecular complexity index is 144. The number of alkyl carbamates (subject to hydrolysis) is 1. The van der Waals surface area contributed by atoms with E-state index in [2.05, 4.69) is 37.2 Å². The summed E-state index contributed by atoms with van der Waals surface area (Å²) in [6, 6.07) is 0. The number of hydrogen-bond donors (Lipinski definition) is 1. The standard InChI is InChI=1S/C6H13NO2.C3H6Br2/c1-6(2,3)9-5(8)7-4;4-2-1-3-5/h1-4H3,(H,7,8);1-3H2.